The first kappa shape index (κ1) is 14.3. The van der Waals surface area contributed by atoms with Gasteiger partial charge in [0.1, 0.15) is 5.69 Å². The average Bonchev–Trinajstić information content (AvgIpc) is 2.93. The van der Waals surface area contributed by atoms with Crippen LogP contribution in [0, 0.1) is 0 Å². The number of hydrogen-bond donors (Lipinski definition) is 1. The summed E-state index contributed by atoms with van der Waals surface area (Å²) in [5, 5.41) is 0. The summed E-state index contributed by atoms with van der Waals surface area (Å²) in [6.45, 7) is 1.99. The van der Waals surface area contributed by atoms with Crippen LogP contribution in [0.25, 0.3) is 0 Å². The molecule has 2 aromatic rings. The lowest BCUT2D eigenvalue weighted by Gasteiger charge is -2.18. The highest BCUT2D eigenvalue weighted by Crippen LogP contribution is 2.10. The van der Waals surface area contributed by atoms with Crippen LogP contribution in [-0.2, 0) is 6.54 Å². The van der Waals surface area contributed by atoms with Crippen molar-refractivity contribution in [3.63, 3.8) is 0 Å². The molecule has 1 heterocycles. The molecule has 2 rings (SSSR count). The van der Waals surface area contributed by atoms with Gasteiger partial charge in [-0.15, -0.1) is 0 Å². The summed E-state index contributed by atoms with van der Waals surface area (Å²) in [5.41, 5.74) is 7.38. The highest BCUT2D eigenvalue weighted by Gasteiger charge is 2.15. The number of nitrogens with two attached hydrogens (primary N) is 1. The molecule has 4 nitrogen and oxygen atoms in total. The Hall–Kier alpha value is -2.07. The van der Waals surface area contributed by atoms with Crippen molar-refractivity contribution in [3.05, 3.63) is 59.9 Å². The molecule has 0 unspecified atom stereocenters. The lowest BCUT2D eigenvalue weighted by Crippen LogP contribution is -2.30. The third-order valence-electron chi connectivity index (χ3n) is 3.29. The van der Waals surface area contributed by atoms with Gasteiger partial charge in [0.2, 0.25) is 0 Å². The maximum atomic E-state index is 12.4. The van der Waals surface area contributed by atoms with Gasteiger partial charge in [-0.05, 0) is 30.7 Å². The second-order valence-corrected chi connectivity index (χ2v) is 4.88. The quantitative estimate of drug-likeness (QED) is 0.873. The second kappa shape index (κ2) is 6.91. The molecule has 4 heteroatoms. The van der Waals surface area contributed by atoms with Crippen molar-refractivity contribution >= 4 is 5.91 Å². The zero-order chi connectivity index (χ0) is 14.4. The van der Waals surface area contributed by atoms with Crippen LogP contribution in [0.5, 0.6) is 0 Å². The van der Waals surface area contributed by atoms with Gasteiger partial charge in [-0.3, -0.25) is 4.79 Å². The average molecular weight is 271 g/mol. The fourth-order valence-corrected chi connectivity index (χ4v) is 2.15. The number of benzene rings is 1. The molecule has 20 heavy (non-hydrogen) atoms. The Kier molecular flexibility index (Phi) is 4.96. The molecule has 0 spiro atoms. The molecule has 0 bridgehead atoms. The van der Waals surface area contributed by atoms with Crippen molar-refractivity contribution in [2.45, 2.75) is 13.0 Å². The summed E-state index contributed by atoms with van der Waals surface area (Å²) in [5.74, 6) is 0.0411. The van der Waals surface area contributed by atoms with E-state index in [0.717, 1.165) is 6.42 Å². The lowest BCUT2D eigenvalue weighted by molar-refractivity contribution is 0.0784. The molecule has 0 fully saturated rings. The van der Waals surface area contributed by atoms with Crippen LogP contribution in [0.15, 0.2) is 48.7 Å². The first-order chi connectivity index (χ1) is 9.72. The maximum absolute atomic E-state index is 12.4. The fourth-order valence-electron chi connectivity index (χ4n) is 2.15. The van der Waals surface area contributed by atoms with Crippen molar-refractivity contribution in [1.82, 2.24) is 9.47 Å². The molecule has 0 aliphatic carbocycles. The molecule has 1 aromatic carbocycles. The number of amides is 1. The molecular weight excluding hydrogens is 250 g/mol. The van der Waals surface area contributed by atoms with Crippen LogP contribution < -0.4 is 5.73 Å². The summed E-state index contributed by atoms with van der Waals surface area (Å²) in [4.78, 5) is 14.1. The van der Waals surface area contributed by atoms with E-state index in [1.807, 2.05) is 48.1 Å². The number of rotatable bonds is 6. The van der Waals surface area contributed by atoms with Crippen LogP contribution in [0.3, 0.4) is 0 Å². The molecule has 0 aliphatic rings. The Morgan fingerprint density at radius 1 is 1.20 bits per heavy atom. The van der Waals surface area contributed by atoms with Crippen LogP contribution >= 0.6 is 0 Å². The van der Waals surface area contributed by atoms with Crippen LogP contribution in [0.1, 0.15) is 22.5 Å². The van der Waals surface area contributed by atoms with Gasteiger partial charge in [0, 0.05) is 26.3 Å². The van der Waals surface area contributed by atoms with E-state index in [1.54, 1.807) is 4.90 Å². The zero-order valence-corrected chi connectivity index (χ0v) is 11.8. The summed E-state index contributed by atoms with van der Waals surface area (Å²) < 4.78 is 1.98. The van der Waals surface area contributed by atoms with Gasteiger partial charge in [0.15, 0.2) is 0 Å². The summed E-state index contributed by atoms with van der Waals surface area (Å²) in [7, 11) is 1.82. The van der Waals surface area contributed by atoms with E-state index in [9.17, 15) is 4.79 Å². The zero-order valence-electron chi connectivity index (χ0n) is 11.8. The van der Waals surface area contributed by atoms with Gasteiger partial charge < -0.3 is 15.2 Å². The highest BCUT2D eigenvalue weighted by atomic mass is 16.2. The van der Waals surface area contributed by atoms with E-state index < -0.39 is 0 Å². The van der Waals surface area contributed by atoms with Crippen LogP contribution in [-0.4, -0.2) is 35.5 Å². The van der Waals surface area contributed by atoms with Crippen molar-refractivity contribution in [1.29, 1.82) is 0 Å². The number of hydrogen-bond acceptors (Lipinski definition) is 2. The van der Waals surface area contributed by atoms with Gasteiger partial charge in [0.25, 0.3) is 5.91 Å². The minimum absolute atomic E-state index is 0.0411. The molecule has 0 atom stereocenters. The van der Waals surface area contributed by atoms with E-state index in [1.165, 1.54) is 5.56 Å². The van der Waals surface area contributed by atoms with Gasteiger partial charge in [-0.2, -0.15) is 0 Å². The summed E-state index contributed by atoms with van der Waals surface area (Å²) in [6.07, 6.45) is 2.76. The van der Waals surface area contributed by atoms with E-state index in [-0.39, 0.29) is 5.91 Å². The van der Waals surface area contributed by atoms with Crippen molar-refractivity contribution in [2.75, 3.05) is 20.1 Å². The lowest BCUT2D eigenvalue weighted by atomic mass is 10.2. The van der Waals surface area contributed by atoms with Crippen molar-refractivity contribution < 1.29 is 4.79 Å². The Morgan fingerprint density at radius 3 is 2.65 bits per heavy atom. The topological polar surface area (TPSA) is 51.3 Å². The minimum Gasteiger partial charge on any atom is -0.340 e. The van der Waals surface area contributed by atoms with Gasteiger partial charge in [-0.25, -0.2) is 0 Å². The SMILES string of the molecule is CN(CCCN)C(=O)c1cccn1Cc1ccccc1. The minimum atomic E-state index is 0.0411. The van der Waals surface area contributed by atoms with E-state index >= 15 is 0 Å². The number of carbonyl (C=O) groups is 1. The van der Waals surface area contributed by atoms with Crippen LogP contribution in [0.4, 0.5) is 0 Å². The smallest absolute Gasteiger partial charge is 0.270 e. The first-order valence-corrected chi connectivity index (χ1v) is 6.87. The van der Waals surface area contributed by atoms with Crippen molar-refractivity contribution in [3.8, 4) is 0 Å². The Labute approximate surface area is 119 Å². The standard InChI is InChI=1S/C16H21N3O/c1-18(11-6-10-17)16(20)15-9-5-12-19(15)13-14-7-3-2-4-8-14/h2-5,7-9,12H,6,10-11,13,17H2,1H3. The molecule has 0 saturated heterocycles. The molecule has 1 aromatic heterocycles. The predicted molar refractivity (Wildman–Crippen MR) is 80.6 cm³/mol. The van der Waals surface area contributed by atoms with Crippen LogP contribution in [0.2, 0.25) is 0 Å². The van der Waals surface area contributed by atoms with Gasteiger partial charge in [-0.1, -0.05) is 30.3 Å². The molecule has 2 N–H and O–H groups in total. The Bertz CT molecular complexity index is 548. The molecular formula is C16H21N3O. The second-order valence-electron chi connectivity index (χ2n) is 4.88. The number of nitrogens with zero attached hydrogens (tertiary/aromatic N) is 2. The van der Waals surface area contributed by atoms with Gasteiger partial charge in [0.05, 0.1) is 0 Å². The predicted octanol–water partition coefficient (Wildman–Crippen LogP) is 1.96. The Morgan fingerprint density at radius 2 is 1.95 bits per heavy atom. The van der Waals surface area contributed by atoms with E-state index in [2.05, 4.69) is 12.1 Å². The molecule has 1 amide bonds. The third-order valence-corrected chi connectivity index (χ3v) is 3.29. The first-order valence-electron chi connectivity index (χ1n) is 6.87. The van der Waals surface area contributed by atoms with Gasteiger partial charge >= 0.3 is 0 Å². The molecule has 0 saturated carbocycles. The molecule has 0 aliphatic heterocycles. The monoisotopic (exact) mass is 271 g/mol. The summed E-state index contributed by atoms with van der Waals surface area (Å²) >= 11 is 0. The molecule has 0 radical (unpaired) electrons. The molecule has 106 valence electrons. The highest BCUT2D eigenvalue weighted by molar-refractivity contribution is 5.92. The largest absolute Gasteiger partial charge is 0.340 e. The number of aromatic nitrogens is 1. The normalized spacial score (nSPS) is 10.5. The van der Waals surface area contributed by atoms with E-state index in [0.29, 0.717) is 25.3 Å². The van der Waals surface area contributed by atoms with E-state index in [4.69, 9.17) is 5.73 Å². The third kappa shape index (κ3) is 3.48. The number of carbonyl (C=O) groups excluding carboxylic acids is 1. The fraction of sp³-hybridized carbons (Fsp3) is 0.312. The summed E-state index contributed by atoms with van der Waals surface area (Å²) in [6, 6.07) is 13.9. The maximum Gasteiger partial charge on any atom is 0.270 e. The van der Waals surface area contributed by atoms with Crippen molar-refractivity contribution in [2.24, 2.45) is 5.73 Å². The Balaban J connectivity index is 2.10.